The molecule has 0 saturated carbocycles. The fourth-order valence-electron chi connectivity index (χ4n) is 3.31. The van der Waals surface area contributed by atoms with Gasteiger partial charge in [0.25, 0.3) is 0 Å². The van der Waals surface area contributed by atoms with Crippen LogP contribution < -0.4 is 9.47 Å². The smallest absolute Gasteiger partial charge is 0.161 e. The van der Waals surface area contributed by atoms with Crippen molar-refractivity contribution in [1.82, 2.24) is 14.9 Å². The molecular formula is C21H28FN3O2. The Hall–Kier alpha value is -2.21. The summed E-state index contributed by atoms with van der Waals surface area (Å²) in [6.45, 7) is 4.92. The van der Waals surface area contributed by atoms with Gasteiger partial charge >= 0.3 is 0 Å². The SMILES string of the molecule is CCc1ccnc(Cc2ccc(OC)c(OCCCN3CC[C@@H](F)C3)c2)n1. The number of nitrogens with zero attached hydrogens (tertiary/aromatic N) is 3. The van der Waals surface area contributed by atoms with Gasteiger partial charge in [0.05, 0.1) is 13.7 Å². The van der Waals surface area contributed by atoms with E-state index in [9.17, 15) is 4.39 Å². The summed E-state index contributed by atoms with van der Waals surface area (Å²) in [5.41, 5.74) is 2.13. The number of benzene rings is 1. The standard InChI is InChI=1S/C21H28FN3O2/c1-3-18-7-9-23-21(24-18)14-16-5-6-19(26-2)20(13-16)27-12-4-10-25-11-8-17(22)15-25/h5-7,9,13,17H,3-4,8,10-12,14-15H2,1-2H3/t17-/m1/s1. The topological polar surface area (TPSA) is 47.5 Å². The molecule has 1 aromatic carbocycles. The summed E-state index contributed by atoms with van der Waals surface area (Å²) in [5.74, 6) is 2.25. The number of halogens is 1. The average Bonchev–Trinajstić information content (AvgIpc) is 3.11. The van der Waals surface area contributed by atoms with Crippen molar-refractivity contribution in [3.05, 3.63) is 47.5 Å². The van der Waals surface area contributed by atoms with Crippen molar-refractivity contribution >= 4 is 0 Å². The Labute approximate surface area is 160 Å². The molecule has 1 aliphatic rings. The van der Waals surface area contributed by atoms with Crippen molar-refractivity contribution in [1.29, 1.82) is 0 Å². The number of hydrogen-bond acceptors (Lipinski definition) is 5. The van der Waals surface area contributed by atoms with Gasteiger partial charge in [0.1, 0.15) is 12.0 Å². The minimum atomic E-state index is -0.670. The van der Waals surface area contributed by atoms with Crippen LogP contribution in [0.2, 0.25) is 0 Å². The van der Waals surface area contributed by atoms with Crippen molar-refractivity contribution in [3.8, 4) is 11.5 Å². The molecule has 2 heterocycles. The van der Waals surface area contributed by atoms with Crippen molar-refractivity contribution in [2.45, 2.75) is 38.8 Å². The molecule has 0 spiro atoms. The largest absolute Gasteiger partial charge is 0.493 e. The van der Waals surface area contributed by atoms with E-state index in [0.29, 0.717) is 31.7 Å². The maximum absolute atomic E-state index is 13.2. The molecule has 1 atom stereocenters. The van der Waals surface area contributed by atoms with Crippen LogP contribution in [0.15, 0.2) is 30.5 Å². The predicted molar refractivity (Wildman–Crippen MR) is 103 cm³/mol. The van der Waals surface area contributed by atoms with Crippen molar-refractivity contribution in [2.24, 2.45) is 0 Å². The third-order valence-corrected chi connectivity index (χ3v) is 4.81. The molecule has 1 saturated heterocycles. The van der Waals surface area contributed by atoms with E-state index in [4.69, 9.17) is 9.47 Å². The first-order valence-corrected chi connectivity index (χ1v) is 9.65. The fraction of sp³-hybridized carbons (Fsp3) is 0.524. The number of aryl methyl sites for hydroxylation is 1. The Kier molecular flexibility index (Phi) is 6.98. The van der Waals surface area contributed by atoms with Crippen LogP contribution in [0.5, 0.6) is 11.5 Å². The molecule has 1 aromatic heterocycles. The Bertz CT molecular complexity index is 741. The summed E-state index contributed by atoms with van der Waals surface area (Å²) in [4.78, 5) is 11.1. The van der Waals surface area contributed by atoms with E-state index in [1.165, 1.54) is 0 Å². The molecule has 0 radical (unpaired) electrons. The number of rotatable bonds is 9. The summed E-state index contributed by atoms with van der Waals surface area (Å²) in [6, 6.07) is 7.87. The molecule has 0 amide bonds. The Morgan fingerprint density at radius 1 is 1.26 bits per heavy atom. The zero-order chi connectivity index (χ0) is 19.1. The van der Waals surface area contributed by atoms with Crippen molar-refractivity contribution in [2.75, 3.05) is 33.4 Å². The summed E-state index contributed by atoms with van der Waals surface area (Å²) in [6.07, 6.45) is 4.20. The lowest BCUT2D eigenvalue weighted by Gasteiger charge is -2.16. The number of hydrogen-bond donors (Lipinski definition) is 0. The second-order valence-electron chi connectivity index (χ2n) is 6.87. The molecule has 5 nitrogen and oxygen atoms in total. The van der Waals surface area contributed by atoms with Gasteiger partial charge in [-0.25, -0.2) is 14.4 Å². The second-order valence-corrected chi connectivity index (χ2v) is 6.87. The molecule has 2 aromatic rings. The van der Waals surface area contributed by atoms with Gasteiger partial charge in [0.15, 0.2) is 11.5 Å². The van der Waals surface area contributed by atoms with Gasteiger partial charge in [-0.15, -0.1) is 0 Å². The zero-order valence-corrected chi connectivity index (χ0v) is 16.2. The van der Waals surface area contributed by atoms with Gasteiger partial charge in [-0.1, -0.05) is 13.0 Å². The highest BCUT2D eigenvalue weighted by Crippen LogP contribution is 2.29. The summed E-state index contributed by atoms with van der Waals surface area (Å²) < 4.78 is 24.6. The Morgan fingerprint density at radius 2 is 2.15 bits per heavy atom. The highest BCUT2D eigenvalue weighted by Gasteiger charge is 2.20. The lowest BCUT2D eigenvalue weighted by Crippen LogP contribution is -2.23. The number of alkyl halides is 1. The minimum absolute atomic E-state index is 0.551. The lowest BCUT2D eigenvalue weighted by atomic mass is 10.1. The van der Waals surface area contributed by atoms with E-state index in [2.05, 4.69) is 21.8 Å². The molecule has 1 aliphatic heterocycles. The average molecular weight is 373 g/mol. The molecule has 0 aliphatic carbocycles. The molecule has 6 heteroatoms. The van der Waals surface area contributed by atoms with Crippen molar-refractivity contribution in [3.63, 3.8) is 0 Å². The molecule has 27 heavy (non-hydrogen) atoms. The highest BCUT2D eigenvalue weighted by molar-refractivity contribution is 5.43. The van der Waals surface area contributed by atoms with Crippen LogP contribution in [0.4, 0.5) is 4.39 Å². The van der Waals surface area contributed by atoms with Crippen LogP contribution in [0.25, 0.3) is 0 Å². The first kappa shape index (κ1) is 19.5. The third kappa shape index (κ3) is 5.63. The molecule has 146 valence electrons. The number of likely N-dealkylation sites (tertiary alicyclic amines) is 1. The lowest BCUT2D eigenvalue weighted by molar-refractivity contribution is 0.242. The van der Waals surface area contributed by atoms with Gasteiger partial charge in [-0.05, 0) is 43.0 Å². The molecule has 1 fully saturated rings. The zero-order valence-electron chi connectivity index (χ0n) is 16.2. The monoisotopic (exact) mass is 373 g/mol. The Balaban J connectivity index is 1.57. The minimum Gasteiger partial charge on any atom is -0.493 e. The van der Waals surface area contributed by atoms with Gasteiger partial charge in [-0.2, -0.15) is 0 Å². The van der Waals surface area contributed by atoms with Gasteiger partial charge in [0.2, 0.25) is 0 Å². The van der Waals surface area contributed by atoms with E-state index in [1.807, 2.05) is 30.5 Å². The maximum Gasteiger partial charge on any atom is 0.161 e. The van der Waals surface area contributed by atoms with Crippen LogP contribution in [0.1, 0.15) is 36.8 Å². The molecular weight excluding hydrogens is 345 g/mol. The molecule has 3 rings (SSSR count). The van der Waals surface area contributed by atoms with Gasteiger partial charge < -0.3 is 14.4 Å². The number of methoxy groups -OCH3 is 1. The fourth-order valence-corrected chi connectivity index (χ4v) is 3.31. The molecule has 0 unspecified atom stereocenters. The van der Waals surface area contributed by atoms with E-state index in [1.54, 1.807) is 7.11 Å². The number of ether oxygens (including phenoxy) is 2. The quantitative estimate of drug-likeness (QED) is 0.630. The van der Waals surface area contributed by atoms with Gasteiger partial charge in [-0.3, -0.25) is 0 Å². The van der Waals surface area contributed by atoms with Crippen LogP contribution in [-0.2, 0) is 12.8 Å². The molecule has 0 N–H and O–H groups in total. The first-order valence-electron chi connectivity index (χ1n) is 9.65. The van der Waals surface area contributed by atoms with Gasteiger partial charge in [0, 0.05) is 37.9 Å². The number of aromatic nitrogens is 2. The Morgan fingerprint density at radius 3 is 2.89 bits per heavy atom. The van der Waals surface area contributed by atoms with E-state index in [-0.39, 0.29) is 0 Å². The van der Waals surface area contributed by atoms with Crippen LogP contribution in [0, 0.1) is 0 Å². The second kappa shape index (κ2) is 9.65. The van der Waals surface area contributed by atoms with Crippen LogP contribution >= 0.6 is 0 Å². The first-order chi connectivity index (χ1) is 13.2. The van der Waals surface area contributed by atoms with Crippen molar-refractivity contribution < 1.29 is 13.9 Å². The maximum atomic E-state index is 13.2. The normalized spacial score (nSPS) is 17.2. The van der Waals surface area contributed by atoms with Crippen LogP contribution in [-0.4, -0.2) is 54.4 Å². The predicted octanol–water partition coefficient (Wildman–Crippen LogP) is 3.45. The summed E-state index contributed by atoms with van der Waals surface area (Å²) >= 11 is 0. The summed E-state index contributed by atoms with van der Waals surface area (Å²) in [7, 11) is 1.64. The van der Waals surface area contributed by atoms with Crippen LogP contribution in [0.3, 0.4) is 0 Å². The van der Waals surface area contributed by atoms with E-state index < -0.39 is 6.17 Å². The van der Waals surface area contributed by atoms with E-state index >= 15 is 0 Å². The highest BCUT2D eigenvalue weighted by atomic mass is 19.1. The third-order valence-electron chi connectivity index (χ3n) is 4.81. The molecule has 0 bridgehead atoms. The summed E-state index contributed by atoms with van der Waals surface area (Å²) in [5, 5.41) is 0. The van der Waals surface area contributed by atoms with E-state index in [0.717, 1.165) is 48.8 Å².